The molecular weight excluding hydrogens is 332 g/mol. The van der Waals surface area contributed by atoms with Crippen LogP contribution in [0.25, 0.3) is 11.6 Å². The molecular formula is C8H8N10O6. The summed E-state index contributed by atoms with van der Waals surface area (Å²) in [6.07, 6.45) is 0. The number of hydrogen-bond acceptors (Lipinski definition) is 10. The van der Waals surface area contributed by atoms with E-state index in [-0.39, 0.29) is 0 Å². The van der Waals surface area contributed by atoms with Crippen LogP contribution in [0.1, 0.15) is 0 Å². The number of nitro groups is 2. The maximum absolute atomic E-state index is 11.0. The van der Waals surface area contributed by atoms with E-state index in [1.807, 2.05) is 0 Å². The van der Waals surface area contributed by atoms with Crippen LogP contribution in [0.3, 0.4) is 0 Å². The fourth-order valence-corrected chi connectivity index (χ4v) is 1.66. The van der Waals surface area contributed by atoms with Gasteiger partial charge in [0.1, 0.15) is 13.1 Å². The third kappa shape index (κ3) is 3.26. The topological polar surface area (TPSA) is 234 Å². The molecule has 0 aliphatic rings. The molecule has 2 rings (SSSR count). The number of primary amides is 2. The van der Waals surface area contributed by atoms with Crippen LogP contribution in [0.15, 0.2) is 0 Å². The first-order valence-corrected chi connectivity index (χ1v) is 5.94. The molecule has 4 N–H and O–H groups in total. The molecule has 0 unspecified atom stereocenters. The van der Waals surface area contributed by atoms with Crippen molar-refractivity contribution in [3.8, 4) is 11.6 Å². The van der Waals surface area contributed by atoms with Gasteiger partial charge in [-0.25, -0.2) is 0 Å². The zero-order chi connectivity index (χ0) is 18.0. The SMILES string of the molecule is NC(=O)Cn1nc([N+](=O)[O-])nc1-c1nc([N+](=O)[O-])nn1CC(N)=O. The van der Waals surface area contributed by atoms with Gasteiger partial charge < -0.3 is 31.7 Å². The molecule has 0 bridgehead atoms. The van der Waals surface area contributed by atoms with E-state index in [0.717, 1.165) is 0 Å². The number of carbonyl (C=O) groups is 2. The molecule has 0 spiro atoms. The molecule has 126 valence electrons. The van der Waals surface area contributed by atoms with E-state index in [1.165, 1.54) is 0 Å². The molecule has 0 saturated heterocycles. The van der Waals surface area contributed by atoms with Gasteiger partial charge in [0.05, 0.1) is 0 Å². The van der Waals surface area contributed by atoms with Crippen LogP contribution in [0.5, 0.6) is 0 Å². The number of aromatic nitrogens is 6. The number of nitrogens with zero attached hydrogens (tertiary/aromatic N) is 8. The Morgan fingerprint density at radius 2 is 1.21 bits per heavy atom. The van der Waals surface area contributed by atoms with Crippen LogP contribution in [-0.2, 0) is 22.7 Å². The minimum atomic E-state index is -0.954. The van der Waals surface area contributed by atoms with Crippen molar-refractivity contribution < 1.29 is 19.4 Å². The molecule has 0 saturated carbocycles. The maximum Gasteiger partial charge on any atom is 0.491 e. The summed E-state index contributed by atoms with van der Waals surface area (Å²) >= 11 is 0. The summed E-state index contributed by atoms with van der Waals surface area (Å²) in [4.78, 5) is 48.8. The van der Waals surface area contributed by atoms with E-state index in [9.17, 15) is 29.8 Å². The number of nitrogens with two attached hydrogens (primary N) is 2. The van der Waals surface area contributed by atoms with E-state index in [1.54, 1.807) is 0 Å². The van der Waals surface area contributed by atoms with Crippen LogP contribution in [0.4, 0.5) is 11.9 Å². The molecule has 16 nitrogen and oxygen atoms in total. The van der Waals surface area contributed by atoms with E-state index in [0.29, 0.717) is 9.36 Å². The standard InChI is InChI=1S/C8H8N10O6/c9-3(19)1-15-5(11-7(13-15)17(21)22)6-12-8(18(23)24)14-16(6)2-4(10)20/h1-2H2,(H2,9,19)(H2,10,20). The summed E-state index contributed by atoms with van der Waals surface area (Å²) in [7, 11) is 0. The average molecular weight is 340 g/mol. The Hall–Kier alpha value is -3.98. The maximum atomic E-state index is 11.0. The Morgan fingerprint density at radius 1 is 0.875 bits per heavy atom. The van der Waals surface area contributed by atoms with E-state index in [4.69, 9.17) is 11.5 Å². The lowest BCUT2D eigenvalue weighted by molar-refractivity contribution is -0.394. The van der Waals surface area contributed by atoms with Crippen molar-refractivity contribution in [2.24, 2.45) is 11.5 Å². The molecule has 24 heavy (non-hydrogen) atoms. The highest BCUT2D eigenvalue weighted by atomic mass is 16.6. The lowest BCUT2D eigenvalue weighted by atomic mass is 10.5. The van der Waals surface area contributed by atoms with Crippen molar-refractivity contribution in [2.45, 2.75) is 13.1 Å². The Labute approximate surface area is 130 Å². The lowest BCUT2D eigenvalue weighted by Crippen LogP contribution is -2.23. The summed E-state index contributed by atoms with van der Waals surface area (Å²) < 4.78 is 1.43. The minimum absolute atomic E-state index is 0.414. The van der Waals surface area contributed by atoms with Crippen molar-refractivity contribution in [3.05, 3.63) is 20.2 Å². The van der Waals surface area contributed by atoms with Gasteiger partial charge in [-0.1, -0.05) is 0 Å². The molecule has 2 heterocycles. The lowest BCUT2D eigenvalue weighted by Gasteiger charge is -1.96. The molecule has 0 atom stereocenters. The normalized spacial score (nSPS) is 10.5. The Kier molecular flexibility index (Phi) is 4.11. The molecule has 0 fully saturated rings. The van der Waals surface area contributed by atoms with Crippen LogP contribution in [0, 0.1) is 20.2 Å². The first-order chi connectivity index (χ1) is 11.2. The van der Waals surface area contributed by atoms with Crippen LogP contribution in [-0.4, -0.2) is 51.2 Å². The number of hydrogen-bond donors (Lipinski definition) is 2. The summed E-state index contributed by atoms with van der Waals surface area (Å²) in [5.41, 5.74) is 10.0. The van der Waals surface area contributed by atoms with Crippen molar-refractivity contribution in [1.82, 2.24) is 29.5 Å². The summed E-state index contributed by atoms with van der Waals surface area (Å²) in [6, 6.07) is 0. The molecule has 0 radical (unpaired) electrons. The third-order valence-electron chi connectivity index (χ3n) is 2.46. The van der Waals surface area contributed by atoms with Gasteiger partial charge in [0.2, 0.25) is 11.8 Å². The van der Waals surface area contributed by atoms with Gasteiger partial charge in [-0.3, -0.25) is 9.59 Å². The molecule has 0 aliphatic heterocycles. The van der Waals surface area contributed by atoms with Gasteiger partial charge in [-0.05, 0) is 19.8 Å². The van der Waals surface area contributed by atoms with Gasteiger partial charge >= 0.3 is 23.5 Å². The highest BCUT2D eigenvalue weighted by molar-refractivity contribution is 5.75. The molecule has 16 heteroatoms. The van der Waals surface area contributed by atoms with Gasteiger partial charge in [-0.2, -0.15) is 9.36 Å². The van der Waals surface area contributed by atoms with Crippen LogP contribution in [0.2, 0.25) is 0 Å². The molecule has 2 aromatic heterocycles. The van der Waals surface area contributed by atoms with Gasteiger partial charge in [-0.15, -0.1) is 0 Å². The number of rotatable bonds is 7. The Balaban J connectivity index is 2.64. The van der Waals surface area contributed by atoms with E-state index >= 15 is 0 Å². The average Bonchev–Trinajstić information content (AvgIpc) is 3.01. The fraction of sp³-hybridized carbons (Fsp3) is 0.250. The van der Waals surface area contributed by atoms with Gasteiger partial charge in [0, 0.05) is 10.2 Å². The Bertz CT molecular complexity index is 781. The number of carbonyl (C=O) groups excluding carboxylic acids is 2. The third-order valence-corrected chi connectivity index (χ3v) is 2.46. The quantitative estimate of drug-likeness (QED) is 0.391. The molecule has 0 aromatic carbocycles. The predicted molar refractivity (Wildman–Crippen MR) is 70.7 cm³/mol. The van der Waals surface area contributed by atoms with Crippen molar-refractivity contribution in [3.63, 3.8) is 0 Å². The van der Waals surface area contributed by atoms with Crippen molar-refractivity contribution in [2.75, 3.05) is 0 Å². The summed E-state index contributed by atoms with van der Waals surface area (Å²) in [6.45, 7) is -1.24. The largest absolute Gasteiger partial charge is 0.491 e. The smallest absolute Gasteiger partial charge is 0.390 e. The van der Waals surface area contributed by atoms with Crippen molar-refractivity contribution >= 4 is 23.7 Å². The predicted octanol–water partition coefficient (Wildman–Crippen LogP) is -2.68. The zero-order valence-corrected chi connectivity index (χ0v) is 11.6. The van der Waals surface area contributed by atoms with E-state index < -0.39 is 58.3 Å². The second-order valence-electron chi connectivity index (χ2n) is 4.23. The monoisotopic (exact) mass is 340 g/mol. The first-order valence-electron chi connectivity index (χ1n) is 5.94. The number of amides is 2. The summed E-state index contributed by atoms with van der Waals surface area (Å²) in [5, 5.41) is 28.4. The zero-order valence-electron chi connectivity index (χ0n) is 11.6. The Morgan fingerprint density at radius 3 is 1.46 bits per heavy atom. The molecule has 2 amide bonds. The van der Waals surface area contributed by atoms with E-state index in [2.05, 4.69) is 20.2 Å². The van der Waals surface area contributed by atoms with Crippen LogP contribution < -0.4 is 11.5 Å². The van der Waals surface area contributed by atoms with Gasteiger partial charge in [0.25, 0.3) is 0 Å². The van der Waals surface area contributed by atoms with Crippen molar-refractivity contribution in [1.29, 1.82) is 0 Å². The molecule has 2 aromatic rings. The second kappa shape index (κ2) is 6.02. The van der Waals surface area contributed by atoms with Crippen LogP contribution >= 0.6 is 0 Å². The highest BCUT2D eigenvalue weighted by Crippen LogP contribution is 2.20. The second-order valence-corrected chi connectivity index (χ2v) is 4.23. The minimum Gasteiger partial charge on any atom is -0.390 e. The molecule has 0 aliphatic carbocycles. The highest BCUT2D eigenvalue weighted by Gasteiger charge is 2.33. The fourth-order valence-electron chi connectivity index (χ4n) is 1.66. The summed E-state index contributed by atoms with van der Waals surface area (Å²) in [5.74, 6) is -4.45. The van der Waals surface area contributed by atoms with Gasteiger partial charge in [0.15, 0.2) is 0 Å². The first kappa shape index (κ1) is 16.4.